The van der Waals surface area contributed by atoms with E-state index in [0.29, 0.717) is 24.9 Å². The van der Waals surface area contributed by atoms with Gasteiger partial charge in [0.25, 0.3) is 5.56 Å². The van der Waals surface area contributed by atoms with Gasteiger partial charge in [-0.25, -0.2) is 0 Å². The van der Waals surface area contributed by atoms with Gasteiger partial charge in [-0.3, -0.25) is 14.4 Å². The number of H-pyrrole nitrogens is 1. The number of hydrogen-bond acceptors (Lipinski definition) is 3. The lowest BCUT2D eigenvalue weighted by molar-refractivity contribution is -0.133. The van der Waals surface area contributed by atoms with Gasteiger partial charge >= 0.3 is 0 Å². The predicted octanol–water partition coefficient (Wildman–Crippen LogP) is 1.20. The minimum atomic E-state index is -0.157. The number of aromatic amines is 1. The number of fused-ring (bicyclic) bond motifs is 1. The molecule has 2 amide bonds. The lowest BCUT2D eigenvalue weighted by Crippen LogP contribution is -2.46. The second-order valence-corrected chi connectivity index (χ2v) is 6.28. The number of rotatable bonds is 4. The van der Waals surface area contributed by atoms with Gasteiger partial charge in [0.05, 0.1) is 0 Å². The number of nitrogens with zero attached hydrogens (tertiary/aromatic N) is 1. The third-order valence-electron chi connectivity index (χ3n) is 4.48. The number of carbonyl (C=O) groups is 2. The highest BCUT2D eigenvalue weighted by atomic mass is 16.2. The minimum absolute atomic E-state index is 0.0533. The van der Waals surface area contributed by atoms with Crippen molar-refractivity contribution in [2.45, 2.75) is 31.7 Å². The van der Waals surface area contributed by atoms with Crippen molar-refractivity contribution in [1.82, 2.24) is 15.2 Å². The number of piperidine rings is 1. The first-order valence-electron chi connectivity index (χ1n) is 8.17. The van der Waals surface area contributed by atoms with Crippen LogP contribution in [-0.4, -0.2) is 41.3 Å². The monoisotopic (exact) mass is 327 g/mol. The Morgan fingerprint density at radius 1 is 1.33 bits per heavy atom. The average Bonchev–Trinajstić information content (AvgIpc) is 2.56. The van der Waals surface area contributed by atoms with Gasteiger partial charge in [-0.15, -0.1) is 0 Å². The summed E-state index contributed by atoms with van der Waals surface area (Å²) in [5.74, 6) is -0.0672. The molecule has 0 spiro atoms. The molecule has 0 radical (unpaired) electrons. The smallest absolute Gasteiger partial charge is 0.251 e. The zero-order valence-electron chi connectivity index (χ0n) is 13.7. The predicted molar refractivity (Wildman–Crippen MR) is 91.7 cm³/mol. The number of amides is 2. The Balaban J connectivity index is 1.59. The van der Waals surface area contributed by atoms with Crippen molar-refractivity contribution in [2.75, 3.05) is 13.6 Å². The molecule has 2 N–H and O–H groups in total. The summed E-state index contributed by atoms with van der Waals surface area (Å²) in [6.07, 6.45) is 1.73. The molecule has 1 aliphatic rings. The molecule has 6 nitrogen and oxygen atoms in total. The Morgan fingerprint density at radius 3 is 2.92 bits per heavy atom. The van der Waals surface area contributed by atoms with Crippen LogP contribution < -0.4 is 10.9 Å². The molecule has 1 unspecified atom stereocenters. The summed E-state index contributed by atoms with van der Waals surface area (Å²) in [5.41, 5.74) is 1.24. The van der Waals surface area contributed by atoms with Gasteiger partial charge in [-0.2, -0.15) is 0 Å². The Hall–Kier alpha value is -2.63. The van der Waals surface area contributed by atoms with Gasteiger partial charge in [-0.05, 0) is 30.4 Å². The van der Waals surface area contributed by atoms with E-state index in [9.17, 15) is 14.4 Å². The van der Waals surface area contributed by atoms with Crippen molar-refractivity contribution in [1.29, 1.82) is 0 Å². The van der Waals surface area contributed by atoms with E-state index >= 15 is 0 Å². The molecule has 2 aromatic rings. The van der Waals surface area contributed by atoms with Gasteiger partial charge in [-0.1, -0.05) is 18.2 Å². The third kappa shape index (κ3) is 3.64. The number of para-hydroxylation sites is 1. The number of pyridine rings is 1. The Kier molecular flexibility index (Phi) is 4.64. The number of nitrogens with one attached hydrogen (secondary N) is 2. The lowest BCUT2D eigenvalue weighted by Gasteiger charge is -2.29. The summed E-state index contributed by atoms with van der Waals surface area (Å²) in [5, 5.41) is 3.85. The molecule has 1 aromatic heterocycles. The zero-order valence-corrected chi connectivity index (χ0v) is 13.7. The van der Waals surface area contributed by atoms with Crippen LogP contribution in [0.5, 0.6) is 0 Å². The van der Waals surface area contributed by atoms with E-state index in [-0.39, 0.29) is 29.8 Å². The maximum Gasteiger partial charge on any atom is 0.251 e. The van der Waals surface area contributed by atoms with E-state index in [1.807, 2.05) is 30.3 Å². The fourth-order valence-corrected chi connectivity index (χ4v) is 2.99. The lowest BCUT2D eigenvalue weighted by atomic mass is 10.0. The van der Waals surface area contributed by atoms with Crippen LogP contribution in [0.25, 0.3) is 10.9 Å². The largest absolute Gasteiger partial charge is 0.353 e. The van der Waals surface area contributed by atoms with Crippen LogP contribution in [0.4, 0.5) is 0 Å². The molecular weight excluding hydrogens is 306 g/mol. The molecule has 2 heterocycles. The van der Waals surface area contributed by atoms with E-state index in [4.69, 9.17) is 0 Å². The van der Waals surface area contributed by atoms with Crippen molar-refractivity contribution in [3.63, 3.8) is 0 Å². The SMILES string of the molecule is CN1CCC(NC(=O)CCc2cc3ccccc3[nH]c2=O)CC1=O. The average molecular weight is 327 g/mol. The highest BCUT2D eigenvalue weighted by molar-refractivity contribution is 5.81. The highest BCUT2D eigenvalue weighted by Gasteiger charge is 2.24. The van der Waals surface area contributed by atoms with Gasteiger partial charge in [0.2, 0.25) is 11.8 Å². The van der Waals surface area contributed by atoms with Gasteiger partial charge in [0.15, 0.2) is 0 Å². The molecule has 0 saturated carbocycles. The number of benzene rings is 1. The summed E-state index contributed by atoms with van der Waals surface area (Å²) in [4.78, 5) is 40.4. The molecule has 1 fully saturated rings. The van der Waals surface area contributed by atoms with Crippen LogP contribution in [0.3, 0.4) is 0 Å². The van der Waals surface area contributed by atoms with Gasteiger partial charge in [0, 0.05) is 43.6 Å². The molecular formula is C18H21N3O3. The Labute approximate surface area is 139 Å². The van der Waals surface area contributed by atoms with E-state index in [0.717, 1.165) is 17.3 Å². The molecule has 0 aliphatic carbocycles. The Morgan fingerprint density at radius 2 is 2.12 bits per heavy atom. The fourth-order valence-electron chi connectivity index (χ4n) is 2.99. The second-order valence-electron chi connectivity index (χ2n) is 6.28. The highest BCUT2D eigenvalue weighted by Crippen LogP contribution is 2.12. The van der Waals surface area contributed by atoms with Crippen LogP contribution in [0, 0.1) is 0 Å². The number of hydrogen-bond donors (Lipinski definition) is 2. The quantitative estimate of drug-likeness (QED) is 0.885. The first kappa shape index (κ1) is 16.2. The van der Waals surface area contributed by atoms with Crippen molar-refractivity contribution in [2.24, 2.45) is 0 Å². The minimum Gasteiger partial charge on any atom is -0.353 e. The summed E-state index contributed by atoms with van der Waals surface area (Å²) >= 11 is 0. The van der Waals surface area contributed by atoms with E-state index in [1.165, 1.54) is 0 Å². The normalized spacial score (nSPS) is 18.0. The van der Waals surface area contributed by atoms with Crippen molar-refractivity contribution < 1.29 is 9.59 Å². The molecule has 0 bridgehead atoms. The van der Waals surface area contributed by atoms with E-state index < -0.39 is 0 Å². The number of likely N-dealkylation sites (tertiary alicyclic amines) is 1. The fraction of sp³-hybridized carbons (Fsp3) is 0.389. The van der Waals surface area contributed by atoms with Crippen LogP contribution >= 0.6 is 0 Å². The molecule has 126 valence electrons. The van der Waals surface area contributed by atoms with Crippen LogP contribution in [0.1, 0.15) is 24.8 Å². The topological polar surface area (TPSA) is 82.3 Å². The van der Waals surface area contributed by atoms with E-state index in [1.54, 1.807) is 11.9 Å². The van der Waals surface area contributed by atoms with Crippen molar-refractivity contribution in [3.05, 3.63) is 46.2 Å². The first-order valence-corrected chi connectivity index (χ1v) is 8.17. The van der Waals surface area contributed by atoms with Gasteiger partial charge in [0.1, 0.15) is 0 Å². The van der Waals surface area contributed by atoms with Crippen LogP contribution in [0.2, 0.25) is 0 Å². The van der Waals surface area contributed by atoms with E-state index in [2.05, 4.69) is 10.3 Å². The zero-order chi connectivity index (χ0) is 17.1. The summed E-state index contributed by atoms with van der Waals surface area (Å²) < 4.78 is 0. The molecule has 6 heteroatoms. The maximum atomic E-state index is 12.1. The molecule has 1 saturated heterocycles. The summed E-state index contributed by atoms with van der Waals surface area (Å²) in [6, 6.07) is 9.29. The van der Waals surface area contributed by atoms with Crippen molar-refractivity contribution >= 4 is 22.7 Å². The van der Waals surface area contributed by atoms with Crippen LogP contribution in [-0.2, 0) is 16.0 Å². The second kappa shape index (κ2) is 6.86. The molecule has 1 aliphatic heterocycles. The molecule has 1 aromatic carbocycles. The molecule has 1 atom stereocenters. The molecule has 3 rings (SSSR count). The number of aryl methyl sites for hydroxylation is 1. The number of aromatic nitrogens is 1. The third-order valence-corrected chi connectivity index (χ3v) is 4.48. The maximum absolute atomic E-state index is 12.1. The standard InChI is InChI=1S/C18H21N3O3/c1-21-9-8-14(11-17(21)23)19-16(22)7-6-13-10-12-4-2-3-5-15(12)20-18(13)24/h2-5,10,14H,6-9,11H2,1H3,(H,19,22)(H,20,24). The number of carbonyl (C=O) groups excluding carboxylic acids is 2. The molecule has 24 heavy (non-hydrogen) atoms. The van der Waals surface area contributed by atoms with Gasteiger partial charge < -0.3 is 15.2 Å². The Bertz CT molecular complexity index is 828. The van der Waals surface area contributed by atoms with Crippen molar-refractivity contribution in [3.8, 4) is 0 Å². The first-order chi connectivity index (χ1) is 11.5. The van der Waals surface area contributed by atoms with Crippen LogP contribution in [0.15, 0.2) is 35.1 Å². The summed E-state index contributed by atoms with van der Waals surface area (Å²) in [6.45, 7) is 0.661. The summed E-state index contributed by atoms with van der Waals surface area (Å²) in [7, 11) is 1.77.